The molecule has 2 aliphatic carbocycles. The molecule has 12 heavy (non-hydrogen) atoms. The highest BCUT2D eigenvalue weighted by Crippen LogP contribution is 2.41. The Hall–Kier alpha value is -0.0400. The van der Waals surface area contributed by atoms with E-state index >= 15 is 0 Å². The minimum atomic E-state index is 0.00259. The van der Waals surface area contributed by atoms with Crippen molar-refractivity contribution in [3.63, 3.8) is 0 Å². The van der Waals surface area contributed by atoms with Gasteiger partial charge in [-0.1, -0.05) is 26.2 Å². The topological polar surface area (TPSA) is 20.2 Å². The average molecular weight is 168 g/mol. The molecule has 0 aromatic carbocycles. The second-order valence-corrected chi connectivity index (χ2v) is 4.80. The molecule has 2 aliphatic rings. The molecule has 2 fully saturated rings. The van der Waals surface area contributed by atoms with Crippen LogP contribution >= 0.6 is 0 Å². The van der Waals surface area contributed by atoms with Crippen molar-refractivity contribution < 1.29 is 5.11 Å². The van der Waals surface area contributed by atoms with Crippen LogP contribution in [0.1, 0.15) is 45.4 Å². The molecule has 2 saturated carbocycles. The summed E-state index contributed by atoms with van der Waals surface area (Å²) in [7, 11) is 0. The van der Waals surface area contributed by atoms with Gasteiger partial charge < -0.3 is 5.11 Å². The van der Waals surface area contributed by atoms with Crippen molar-refractivity contribution in [1.29, 1.82) is 0 Å². The predicted molar refractivity (Wildman–Crippen MR) is 49.9 cm³/mol. The molecule has 70 valence electrons. The minimum absolute atomic E-state index is 0.00259. The van der Waals surface area contributed by atoms with E-state index in [1.54, 1.807) is 0 Å². The fourth-order valence-electron chi connectivity index (χ4n) is 2.22. The third-order valence-electron chi connectivity index (χ3n) is 3.77. The zero-order valence-electron chi connectivity index (χ0n) is 8.00. The minimum Gasteiger partial charge on any atom is -0.393 e. The van der Waals surface area contributed by atoms with Crippen LogP contribution in [0.5, 0.6) is 0 Å². The molecule has 1 nitrogen and oxygen atoms in total. The maximum atomic E-state index is 9.86. The Kier molecular flexibility index (Phi) is 2.40. The lowest BCUT2D eigenvalue weighted by molar-refractivity contribution is 0.0638. The quantitative estimate of drug-likeness (QED) is 0.684. The van der Waals surface area contributed by atoms with Crippen molar-refractivity contribution in [1.82, 2.24) is 0 Å². The molecule has 0 radical (unpaired) electrons. The van der Waals surface area contributed by atoms with E-state index in [-0.39, 0.29) is 6.10 Å². The first-order valence-corrected chi connectivity index (χ1v) is 5.45. The molecule has 2 rings (SSSR count). The molecule has 0 heterocycles. The highest BCUT2D eigenvalue weighted by Gasteiger charge is 2.34. The number of hydrogen-bond acceptors (Lipinski definition) is 1. The smallest absolute Gasteiger partial charge is 0.0571 e. The molecule has 1 heteroatoms. The molecular weight excluding hydrogens is 148 g/mol. The Morgan fingerprint density at radius 2 is 1.92 bits per heavy atom. The summed E-state index contributed by atoms with van der Waals surface area (Å²) < 4.78 is 0. The SMILES string of the molecule is CC(C(O)CC1CCC1)C1CC1. The fraction of sp³-hybridized carbons (Fsp3) is 1.00. The summed E-state index contributed by atoms with van der Waals surface area (Å²) in [6.07, 6.45) is 7.95. The van der Waals surface area contributed by atoms with Crippen LogP contribution in [0.3, 0.4) is 0 Å². The molecule has 1 N–H and O–H groups in total. The Morgan fingerprint density at radius 1 is 1.25 bits per heavy atom. The van der Waals surface area contributed by atoms with Gasteiger partial charge in [0.15, 0.2) is 0 Å². The number of hydrogen-bond donors (Lipinski definition) is 1. The molecule has 0 aromatic rings. The van der Waals surface area contributed by atoms with Crippen molar-refractivity contribution in [2.75, 3.05) is 0 Å². The van der Waals surface area contributed by atoms with Crippen LogP contribution in [0.4, 0.5) is 0 Å². The van der Waals surface area contributed by atoms with Gasteiger partial charge in [0.05, 0.1) is 6.10 Å². The summed E-state index contributed by atoms with van der Waals surface area (Å²) in [4.78, 5) is 0. The standard InChI is InChI=1S/C11H20O/c1-8(10-5-6-10)11(12)7-9-3-2-4-9/h8-12H,2-7H2,1H3. The Labute approximate surface area is 75.2 Å². The summed E-state index contributed by atoms with van der Waals surface area (Å²) in [5.74, 6) is 2.30. The molecule has 0 amide bonds. The van der Waals surface area contributed by atoms with Crippen LogP contribution < -0.4 is 0 Å². The summed E-state index contributed by atoms with van der Waals surface area (Å²) in [5, 5.41) is 9.86. The van der Waals surface area contributed by atoms with Crippen molar-refractivity contribution in [3.05, 3.63) is 0 Å². The van der Waals surface area contributed by atoms with E-state index in [4.69, 9.17) is 0 Å². The summed E-state index contributed by atoms with van der Waals surface area (Å²) in [5.41, 5.74) is 0. The van der Waals surface area contributed by atoms with Gasteiger partial charge in [0, 0.05) is 0 Å². The number of aliphatic hydroxyl groups excluding tert-OH is 1. The van der Waals surface area contributed by atoms with Gasteiger partial charge in [0.2, 0.25) is 0 Å². The first-order valence-electron chi connectivity index (χ1n) is 5.45. The van der Waals surface area contributed by atoms with Crippen LogP contribution in [-0.4, -0.2) is 11.2 Å². The first kappa shape index (κ1) is 8.55. The average Bonchev–Trinajstić information content (AvgIpc) is 2.77. The molecule has 2 unspecified atom stereocenters. The summed E-state index contributed by atoms with van der Waals surface area (Å²) in [6.45, 7) is 2.22. The third-order valence-corrected chi connectivity index (χ3v) is 3.77. The van der Waals surface area contributed by atoms with E-state index in [9.17, 15) is 5.11 Å². The fourth-order valence-corrected chi connectivity index (χ4v) is 2.22. The summed E-state index contributed by atoms with van der Waals surface area (Å²) in [6, 6.07) is 0. The molecule has 0 spiro atoms. The number of aliphatic hydroxyl groups is 1. The van der Waals surface area contributed by atoms with E-state index in [0.717, 1.165) is 18.3 Å². The van der Waals surface area contributed by atoms with Crippen LogP contribution in [0.2, 0.25) is 0 Å². The van der Waals surface area contributed by atoms with Gasteiger partial charge in [-0.2, -0.15) is 0 Å². The molecule has 2 atom stereocenters. The van der Waals surface area contributed by atoms with Gasteiger partial charge in [0.1, 0.15) is 0 Å². The van der Waals surface area contributed by atoms with Crippen molar-refractivity contribution in [2.24, 2.45) is 17.8 Å². The van der Waals surface area contributed by atoms with Crippen LogP contribution in [0.15, 0.2) is 0 Å². The zero-order chi connectivity index (χ0) is 8.55. The van der Waals surface area contributed by atoms with Gasteiger partial charge in [-0.05, 0) is 37.0 Å². The predicted octanol–water partition coefficient (Wildman–Crippen LogP) is 2.58. The Balaban J connectivity index is 1.70. The van der Waals surface area contributed by atoms with E-state index in [2.05, 4.69) is 6.92 Å². The highest BCUT2D eigenvalue weighted by molar-refractivity contribution is 4.85. The first-order chi connectivity index (χ1) is 5.77. The lowest BCUT2D eigenvalue weighted by Crippen LogP contribution is -2.25. The maximum absolute atomic E-state index is 9.86. The maximum Gasteiger partial charge on any atom is 0.0571 e. The lowest BCUT2D eigenvalue weighted by Gasteiger charge is -2.29. The van der Waals surface area contributed by atoms with E-state index in [1.807, 2.05) is 0 Å². The Bertz CT molecular complexity index is 147. The second kappa shape index (κ2) is 3.37. The van der Waals surface area contributed by atoms with Gasteiger partial charge >= 0.3 is 0 Å². The molecule has 0 aliphatic heterocycles. The Morgan fingerprint density at radius 3 is 2.33 bits per heavy atom. The van der Waals surface area contributed by atoms with E-state index in [1.165, 1.54) is 32.1 Å². The van der Waals surface area contributed by atoms with E-state index < -0.39 is 0 Å². The van der Waals surface area contributed by atoms with Crippen molar-refractivity contribution in [2.45, 2.75) is 51.6 Å². The highest BCUT2D eigenvalue weighted by atomic mass is 16.3. The zero-order valence-corrected chi connectivity index (χ0v) is 8.00. The van der Waals surface area contributed by atoms with Crippen LogP contribution in [0, 0.1) is 17.8 Å². The summed E-state index contributed by atoms with van der Waals surface area (Å²) >= 11 is 0. The van der Waals surface area contributed by atoms with Crippen molar-refractivity contribution in [3.8, 4) is 0 Å². The van der Waals surface area contributed by atoms with Crippen LogP contribution in [0.25, 0.3) is 0 Å². The lowest BCUT2D eigenvalue weighted by atomic mass is 9.79. The molecule has 0 bridgehead atoms. The largest absolute Gasteiger partial charge is 0.393 e. The molecule has 0 aromatic heterocycles. The van der Waals surface area contributed by atoms with Gasteiger partial charge in [-0.15, -0.1) is 0 Å². The second-order valence-electron chi connectivity index (χ2n) is 4.80. The molecule has 0 saturated heterocycles. The third kappa shape index (κ3) is 1.82. The normalized spacial score (nSPS) is 29.5. The van der Waals surface area contributed by atoms with Crippen LogP contribution in [-0.2, 0) is 0 Å². The monoisotopic (exact) mass is 168 g/mol. The number of rotatable bonds is 4. The van der Waals surface area contributed by atoms with Gasteiger partial charge in [-0.25, -0.2) is 0 Å². The van der Waals surface area contributed by atoms with Gasteiger partial charge in [0.25, 0.3) is 0 Å². The van der Waals surface area contributed by atoms with E-state index in [0.29, 0.717) is 5.92 Å². The van der Waals surface area contributed by atoms with Gasteiger partial charge in [-0.3, -0.25) is 0 Å². The van der Waals surface area contributed by atoms with Crippen molar-refractivity contribution >= 4 is 0 Å². The molecular formula is C11H20O.